The van der Waals surface area contributed by atoms with E-state index in [9.17, 15) is 0 Å². The molecule has 14 rings (SSSR count). The summed E-state index contributed by atoms with van der Waals surface area (Å²) in [6.45, 7) is 32.1. The SMILES string of the molecule is CC(C)(C)c1ccnc(-n2c3ccccc3c3ccc(Oc4cccc(-n5[c-][n+](-c6c(-c7cc8c9c(c7)C(C)(C)CCC9(C)CCCC8(C)C)cccc6-c6cc7c8c(c6)C(C)(C)CCC8(C)CCCC7(C)C)c6ccccc65)c4)cc32)c1. The van der Waals surface area contributed by atoms with E-state index < -0.39 is 0 Å². The van der Waals surface area contributed by atoms with Crippen molar-refractivity contribution < 1.29 is 9.30 Å². The maximum Gasteiger partial charge on any atom is 0.269 e. The lowest BCUT2D eigenvalue weighted by Crippen LogP contribution is -2.37. The lowest BCUT2D eigenvalue weighted by molar-refractivity contribution is -0.571. The monoisotopic (exact) mass is 1090 g/mol. The van der Waals surface area contributed by atoms with E-state index in [0.717, 1.165) is 50.5 Å². The topological polar surface area (TPSA) is 35.9 Å². The summed E-state index contributed by atoms with van der Waals surface area (Å²) in [6, 6.07) is 54.7. The van der Waals surface area contributed by atoms with E-state index >= 15 is 0 Å². The summed E-state index contributed by atoms with van der Waals surface area (Å²) >= 11 is 0. The first-order valence-corrected chi connectivity index (χ1v) is 31.2. The van der Waals surface area contributed by atoms with E-state index in [0.29, 0.717) is 0 Å². The van der Waals surface area contributed by atoms with Crippen molar-refractivity contribution in [2.45, 2.75) is 192 Å². The standard InChI is InChI=1S/C78H84N4O/c1-72(2,3)52-32-41-79-68(46-52)82-64-27-15-14-24-58(64)59-31-30-55(48-67(59)82)83-54-23-18-22-53(47-54)80-49-81(66-29-17-16-28-65(66)80)71-56(50-42-60-69-62(44-50)75(8,9)37-39-77(69,12)35-20-33-73(60,4)5)25-19-26-57(71)51-43-61-70-63(45-51)76(10,11)38-40-78(70,13)36-21-34-74(61,6)7/h14-19,22-32,41-48H,20-21,33-40H2,1-13H3. The molecule has 2 atom stereocenters. The maximum atomic E-state index is 6.96. The highest BCUT2D eigenvalue weighted by Crippen LogP contribution is 2.58. The first-order valence-electron chi connectivity index (χ1n) is 31.2. The van der Waals surface area contributed by atoms with Crippen LogP contribution in [0.25, 0.3) is 72.3 Å². The Morgan fingerprint density at radius 2 is 1.01 bits per heavy atom. The zero-order valence-electron chi connectivity index (χ0n) is 51.7. The number of ether oxygens (including phenoxy) is 1. The van der Waals surface area contributed by atoms with Crippen molar-refractivity contribution in [2.75, 3.05) is 0 Å². The summed E-state index contributed by atoms with van der Waals surface area (Å²) < 4.78 is 13.9. The molecule has 0 aliphatic heterocycles. The van der Waals surface area contributed by atoms with E-state index in [2.05, 4.69) is 256 Å². The minimum Gasteiger partial charge on any atom is -0.458 e. The van der Waals surface area contributed by atoms with Crippen LogP contribution in [-0.2, 0) is 37.9 Å². The van der Waals surface area contributed by atoms with Gasteiger partial charge in [-0.25, -0.2) is 4.98 Å². The van der Waals surface area contributed by atoms with Gasteiger partial charge in [0, 0.05) is 23.0 Å². The van der Waals surface area contributed by atoms with Crippen LogP contribution >= 0.6 is 0 Å². The predicted octanol–water partition coefficient (Wildman–Crippen LogP) is 20.2. The number of hydrogen-bond donors (Lipinski definition) is 0. The van der Waals surface area contributed by atoms with Gasteiger partial charge in [0.15, 0.2) is 0 Å². The van der Waals surface area contributed by atoms with E-state index in [-0.39, 0.29) is 37.9 Å². The molecular formula is C78H84N4O. The largest absolute Gasteiger partial charge is 0.458 e. The zero-order chi connectivity index (χ0) is 57.8. The Morgan fingerprint density at radius 1 is 0.482 bits per heavy atom. The van der Waals surface area contributed by atoms with Crippen molar-refractivity contribution in [3.63, 3.8) is 0 Å². The molecule has 2 unspecified atom stereocenters. The molecule has 10 aromatic rings. The zero-order valence-corrected chi connectivity index (χ0v) is 51.7. The molecule has 3 heterocycles. The highest BCUT2D eigenvalue weighted by molar-refractivity contribution is 6.09. The Morgan fingerprint density at radius 3 is 1.61 bits per heavy atom. The van der Waals surface area contributed by atoms with Gasteiger partial charge in [-0.2, -0.15) is 0 Å². The number of aromatic nitrogens is 4. The van der Waals surface area contributed by atoms with E-state index in [1.165, 1.54) is 103 Å². The average molecular weight is 1090 g/mol. The highest BCUT2D eigenvalue weighted by Gasteiger charge is 2.47. The third-order valence-corrected chi connectivity index (χ3v) is 21.3. The van der Waals surface area contributed by atoms with Gasteiger partial charge in [-0.15, -0.1) is 0 Å². The average Bonchev–Trinajstić information content (AvgIpc) is 1.93. The van der Waals surface area contributed by atoms with Crippen molar-refractivity contribution in [3.8, 4) is 50.9 Å². The summed E-state index contributed by atoms with van der Waals surface area (Å²) in [5, 5.41) is 2.35. The Balaban J connectivity index is 0.966. The van der Waals surface area contributed by atoms with Gasteiger partial charge in [-0.05, 0) is 199 Å². The number of nitrogens with zero attached hydrogens (tertiary/aromatic N) is 4. The van der Waals surface area contributed by atoms with E-state index in [4.69, 9.17) is 9.72 Å². The second-order valence-corrected chi connectivity index (χ2v) is 30.0. The number of pyridine rings is 1. The fraction of sp³-hybridized carbons (Fsp3) is 0.385. The molecule has 0 fully saturated rings. The summed E-state index contributed by atoms with van der Waals surface area (Å²) in [4.78, 5) is 4.96. The molecule has 0 radical (unpaired) electrons. The van der Waals surface area contributed by atoms with E-state index in [1.54, 1.807) is 33.4 Å². The van der Waals surface area contributed by atoms with Crippen LogP contribution in [-0.4, -0.2) is 14.1 Å². The van der Waals surface area contributed by atoms with Crippen molar-refractivity contribution in [3.05, 3.63) is 197 Å². The predicted molar refractivity (Wildman–Crippen MR) is 345 cm³/mol. The number of fused-ring (bicyclic) bond motifs is 4. The van der Waals surface area contributed by atoms with Crippen molar-refractivity contribution >= 4 is 32.8 Å². The normalized spacial score (nSPS) is 21.3. The van der Waals surface area contributed by atoms with Crippen molar-refractivity contribution in [1.29, 1.82) is 0 Å². The molecule has 422 valence electrons. The fourth-order valence-electron chi connectivity index (χ4n) is 16.1. The third-order valence-electron chi connectivity index (χ3n) is 21.3. The van der Waals surface area contributed by atoms with Crippen LogP contribution in [0.3, 0.4) is 0 Å². The summed E-state index contributed by atoms with van der Waals surface area (Å²) in [5.41, 5.74) is 22.8. The Hall–Kier alpha value is -7.24. The smallest absolute Gasteiger partial charge is 0.269 e. The van der Waals surface area contributed by atoms with E-state index in [1.807, 2.05) is 6.20 Å². The molecule has 0 bridgehead atoms. The number of hydrogen-bond acceptors (Lipinski definition) is 2. The number of rotatable bonds is 7. The minimum atomic E-state index is -0.0223. The first-order chi connectivity index (χ1) is 39.4. The van der Waals surface area contributed by atoms with Gasteiger partial charge in [-0.1, -0.05) is 194 Å². The lowest BCUT2D eigenvalue weighted by Gasteiger charge is -2.46. The van der Waals surface area contributed by atoms with Crippen LogP contribution in [0.5, 0.6) is 11.5 Å². The van der Waals surface area contributed by atoms with Crippen LogP contribution in [0, 0.1) is 6.33 Å². The minimum absolute atomic E-state index is 0.0223. The number of imidazole rings is 1. The first kappa shape index (κ1) is 53.7. The van der Waals surface area contributed by atoms with Crippen LogP contribution < -0.4 is 9.30 Å². The molecule has 5 heteroatoms. The second-order valence-electron chi connectivity index (χ2n) is 30.0. The summed E-state index contributed by atoms with van der Waals surface area (Å²) in [6.07, 6.45) is 18.3. The Labute approximate surface area is 493 Å². The van der Waals surface area contributed by atoms with Crippen LogP contribution in [0.1, 0.15) is 193 Å². The Bertz CT molecular complexity index is 4160. The summed E-state index contributed by atoms with van der Waals surface area (Å²) in [5.74, 6) is 2.41. The molecule has 0 spiro atoms. The molecule has 0 amide bonds. The quantitative estimate of drug-likeness (QED) is 0.118. The molecule has 83 heavy (non-hydrogen) atoms. The van der Waals surface area contributed by atoms with Gasteiger partial charge in [0.1, 0.15) is 17.3 Å². The Kier molecular flexibility index (Phi) is 12.1. The fourth-order valence-corrected chi connectivity index (χ4v) is 16.1. The second kappa shape index (κ2) is 18.6. The van der Waals surface area contributed by atoms with Crippen LogP contribution in [0.2, 0.25) is 0 Å². The van der Waals surface area contributed by atoms with Gasteiger partial charge in [0.05, 0.1) is 33.4 Å². The van der Waals surface area contributed by atoms with Crippen molar-refractivity contribution in [1.82, 2.24) is 14.1 Å². The molecule has 0 N–H and O–H groups in total. The molecule has 0 saturated heterocycles. The van der Waals surface area contributed by atoms with Gasteiger partial charge in [0.25, 0.3) is 6.33 Å². The highest BCUT2D eigenvalue weighted by atomic mass is 16.5. The molecule has 3 aromatic heterocycles. The number of para-hydroxylation sites is 4. The molecular weight excluding hydrogens is 1010 g/mol. The van der Waals surface area contributed by atoms with Gasteiger partial charge in [-0.3, -0.25) is 13.7 Å². The number of benzene rings is 7. The molecule has 0 saturated carbocycles. The molecule has 5 nitrogen and oxygen atoms in total. The molecule has 7 aromatic carbocycles. The third kappa shape index (κ3) is 8.66. The van der Waals surface area contributed by atoms with Crippen LogP contribution in [0.4, 0.5) is 0 Å². The summed E-state index contributed by atoms with van der Waals surface area (Å²) in [7, 11) is 0. The van der Waals surface area contributed by atoms with Gasteiger partial charge in [0.2, 0.25) is 0 Å². The van der Waals surface area contributed by atoms with Gasteiger partial charge < -0.3 is 4.74 Å². The van der Waals surface area contributed by atoms with Gasteiger partial charge >= 0.3 is 0 Å². The molecule has 4 aliphatic rings. The van der Waals surface area contributed by atoms with Crippen molar-refractivity contribution in [2.24, 2.45) is 0 Å². The molecule has 4 aliphatic carbocycles. The lowest BCUT2D eigenvalue weighted by atomic mass is 9.59. The van der Waals surface area contributed by atoms with Crippen LogP contribution in [0.15, 0.2) is 152 Å². The maximum absolute atomic E-state index is 6.96.